The minimum atomic E-state index is -0.414. The number of aromatic amines is 1. The molecule has 0 aliphatic heterocycles. The van der Waals surface area contributed by atoms with Gasteiger partial charge in [-0.3, -0.25) is 4.79 Å². The van der Waals surface area contributed by atoms with Crippen molar-refractivity contribution in [1.29, 1.82) is 0 Å². The van der Waals surface area contributed by atoms with E-state index in [1.165, 1.54) is 11.8 Å². The van der Waals surface area contributed by atoms with Gasteiger partial charge >= 0.3 is 11.4 Å². The van der Waals surface area contributed by atoms with E-state index in [9.17, 15) is 9.59 Å². The molecule has 0 aliphatic rings. The number of hydrogen-bond donors (Lipinski definition) is 1. The Kier molecular flexibility index (Phi) is 4.83. The van der Waals surface area contributed by atoms with E-state index in [1.807, 2.05) is 43.3 Å². The molecule has 0 radical (unpaired) electrons. The highest BCUT2D eigenvalue weighted by Crippen LogP contribution is 2.17. The van der Waals surface area contributed by atoms with Crippen LogP contribution in [0.3, 0.4) is 0 Å². The topological polar surface area (TPSA) is 74.5 Å². The zero-order valence-corrected chi connectivity index (χ0v) is 16.1. The van der Waals surface area contributed by atoms with Crippen molar-refractivity contribution in [3.8, 4) is 17.1 Å². The van der Waals surface area contributed by atoms with Crippen LogP contribution in [0.2, 0.25) is 0 Å². The van der Waals surface area contributed by atoms with Crippen molar-refractivity contribution in [3.63, 3.8) is 0 Å². The van der Waals surface area contributed by atoms with Gasteiger partial charge in [-0.05, 0) is 49.4 Å². The SMILES string of the molecule is COc1cccc(C(=O)Nn2c(-c3ccc(C)cc3)[nH+]c3ccccc3c2=O)c1. The molecule has 0 fully saturated rings. The summed E-state index contributed by atoms with van der Waals surface area (Å²) in [5.74, 6) is 0.641. The molecule has 29 heavy (non-hydrogen) atoms. The van der Waals surface area contributed by atoms with Crippen LogP contribution >= 0.6 is 0 Å². The number of benzene rings is 3. The van der Waals surface area contributed by atoms with Gasteiger partial charge in [0.1, 0.15) is 16.7 Å². The smallest absolute Gasteiger partial charge is 0.369 e. The van der Waals surface area contributed by atoms with E-state index in [0.29, 0.717) is 28.0 Å². The van der Waals surface area contributed by atoms with Gasteiger partial charge in [0, 0.05) is 5.56 Å². The van der Waals surface area contributed by atoms with Crippen LogP contribution in [0.25, 0.3) is 22.3 Å². The molecule has 2 N–H and O–H groups in total. The first-order chi connectivity index (χ1) is 14.1. The van der Waals surface area contributed by atoms with Crippen LogP contribution in [-0.4, -0.2) is 17.7 Å². The number of ether oxygens (including phenoxy) is 1. The predicted molar refractivity (Wildman–Crippen MR) is 112 cm³/mol. The normalized spacial score (nSPS) is 10.7. The maximum absolute atomic E-state index is 13.2. The number of aromatic nitrogens is 2. The highest BCUT2D eigenvalue weighted by molar-refractivity contribution is 6.00. The van der Waals surface area contributed by atoms with Crippen LogP contribution in [0.15, 0.2) is 77.6 Å². The number of para-hydroxylation sites is 1. The highest BCUT2D eigenvalue weighted by Gasteiger charge is 2.22. The fourth-order valence-electron chi connectivity index (χ4n) is 3.13. The lowest BCUT2D eigenvalue weighted by molar-refractivity contribution is -0.337. The molecule has 6 heteroatoms. The first kappa shape index (κ1) is 18.4. The first-order valence-corrected chi connectivity index (χ1v) is 9.16. The zero-order chi connectivity index (χ0) is 20.4. The molecule has 0 saturated carbocycles. The van der Waals surface area contributed by atoms with E-state index in [0.717, 1.165) is 11.1 Å². The lowest BCUT2D eigenvalue weighted by atomic mass is 10.1. The summed E-state index contributed by atoms with van der Waals surface area (Å²) >= 11 is 0. The standard InChI is InChI=1S/C23H19N3O3/c1-15-10-12-16(13-11-15)21-24-20-9-4-3-8-19(20)23(28)26(21)25-22(27)17-6-5-7-18(14-17)29-2/h3-14H,1-2H3,(H,25,27)/p+1. The Hall–Kier alpha value is -3.93. The monoisotopic (exact) mass is 386 g/mol. The minimum absolute atomic E-state index is 0.314. The number of aryl methyl sites for hydroxylation is 1. The number of amides is 1. The molecule has 6 nitrogen and oxygen atoms in total. The van der Waals surface area contributed by atoms with Crippen LogP contribution in [0.4, 0.5) is 0 Å². The van der Waals surface area contributed by atoms with Gasteiger partial charge in [-0.2, -0.15) is 5.43 Å². The number of nitrogens with one attached hydrogen (secondary N) is 2. The second kappa shape index (κ2) is 7.59. The summed E-state index contributed by atoms with van der Waals surface area (Å²) in [4.78, 5) is 29.3. The van der Waals surface area contributed by atoms with Crippen molar-refractivity contribution in [2.24, 2.45) is 0 Å². The quantitative estimate of drug-likeness (QED) is 0.585. The van der Waals surface area contributed by atoms with Crippen molar-refractivity contribution < 1.29 is 14.5 Å². The third kappa shape index (κ3) is 3.60. The Balaban J connectivity index is 1.86. The van der Waals surface area contributed by atoms with Crippen molar-refractivity contribution in [1.82, 2.24) is 4.68 Å². The van der Waals surface area contributed by atoms with Crippen molar-refractivity contribution in [2.75, 3.05) is 12.5 Å². The second-order valence-corrected chi connectivity index (χ2v) is 6.70. The lowest BCUT2D eigenvalue weighted by Crippen LogP contribution is -2.38. The van der Waals surface area contributed by atoms with Crippen LogP contribution in [0, 0.1) is 6.92 Å². The average Bonchev–Trinajstić information content (AvgIpc) is 2.76. The predicted octanol–water partition coefficient (Wildman–Crippen LogP) is 3.18. The number of nitrogens with zero attached hydrogens (tertiary/aromatic N) is 1. The summed E-state index contributed by atoms with van der Waals surface area (Å²) in [6.07, 6.45) is 0. The molecular weight excluding hydrogens is 366 g/mol. The Morgan fingerprint density at radius 1 is 1.00 bits per heavy atom. The van der Waals surface area contributed by atoms with Gasteiger partial charge in [0.2, 0.25) is 0 Å². The second-order valence-electron chi connectivity index (χ2n) is 6.70. The molecule has 0 aliphatic carbocycles. The Morgan fingerprint density at radius 3 is 2.52 bits per heavy atom. The summed E-state index contributed by atoms with van der Waals surface area (Å²) in [6, 6.07) is 21.7. The first-order valence-electron chi connectivity index (χ1n) is 9.16. The number of methoxy groups -OCH3 is 1. The van der Waals surface area contributed by atoms with Crippen LogP contribution in [-0.2, 0) is 0 Å². The molecular formula is C23H20N3O3+. The zero-order valence-electron chi connectivity index (χ0n) is 16.1. The Bertz CT molecular complexity index is 1260. The van der Waals surface area contributed by atoms with Gasteiger partial charge in [-0.1, -0.05) is 40.6 Å². The molecule has 0 saturated heterocycles. The molecule has 4 rings (SSSR count). The third-order valence-electron chi connectivity index (χ3n) is 4.71. The molecule has 3 aromatic carbocycles. The number of H-pyrrole nitrogens is 1. The average molecular weight is 386 g/mol. The third-order valence-corrected chi connectivity index (χ3v) is 4.71. The number of fused-ring (bicyclic) bond motifs is 1. The van der Waals surface area contributed by atoms with E-state index in [-0.39, 0.29) is 5.56 Å². The lowest BCUT2D eigenvalue weighted by Gasteiger charge is -2.09. The summed E-state index contributed by atoms with van der Waals surface area (Å²) < 4.78 is 6.44. The molecule has 4 aromatic rings. The van der Waals surface area contributed by atoms with Gasteiger partial charge in [0.05, 0.1) is 12.7 Å². The Morgan fingerprint density at radius 2 is 1.76 bits per heavy atom. The van der Waals surface area contributed by atoms with Crippen LogP contribution < -0.4 is 20.7 Å². The molecule has 1 aromatic heterocycles. The molecule has 1 amide bonds. The van der Waals surface area contributed by atoms with Gasteiger partial charge < -0.3 is 4.74 Å². The number of carbonyl (C=O) groups excluding carboxylic acids is 1. The van der Waals surface area contributed by atoms with E-state index >= 15 is 0 Å². The number of rotatable bonds is 4. The summed E-state index contributed by atoms with van der Waals surface area (Å²) in [5.41, 5.74) is 5.38. The van der Waals surface area contributed by atoms with Crippen molar-refractivity contribution in [3.05, 3.63) is 94.3 Å². The van der Waals surface area contributed by atoms with E-state index < -0.39 is 5.91 Å². The van der Waals surface area contributed by atoms with Gasteiger partial charge in [0.25, 0.3) is 5.91 Å². The molecule has 0 atom stereocenters. The van der Waals surface area contributed by atoms with E-state index in [4.69, 9.17) is 4.74 Å². The van der Waals surface area contributed by atoms with Crippen LogP contribution in [0.5, 0.6) is 5.75 Å². The maximum Gasteiger partial charge on any atom is 0.369 e. The highest BCUT2D eigenvalue weighted by atomic mass is 16.5. The van der Waals surface area contributed by atoms with E-state index in [2.05, 4.69) is 10.4 Å². The fourth-order valence-corrected chi connectivity index (χ4v) is 3.13. The maximum atomic E-state index is 13.2. The van der Waals surface area contributed by atoms with E-state index in [1.54, 1.807) is 36.4 Å². The van der Waals surface area contributed by atoms with Crippen LogP contribution in [0.1, 0.15) is 15.9 Å². The largest absolute Gasteiger partial charge is 0.497 e. The number of hydrogen-bond acceptors (Lipinski definition) is 3. The van der Waals surface area contributed by atoms with Crippen molar-refractivity contribution >= 4 is 16.8 Å². The van der Waals surface area contributed by atoms with Gasteiger partial charge in [-0.15, -0.1) is 0 Å². The molecule has 0 bridgehead atoms. The molecule has 0 unspecified atom stereocenters. The molecule has 0 spiro atoms. The summed E-state index contributed by atoms with van der Waals surface area (Å²) in [7, 11) is 1.54. The number of carbonyl (C=O) groups is 1. The molecule has 1 heterocycles. The minimum Gasteiger partial charge on any atom is -0.497 e. The van der Waals surface area contributed by atoms with Gasteiger partial charge in [0.15, 0.2) is 0 Å². The fraction of sp³-hybridized carbons (Fsp3) is 0.0870. The summed E-state index contributed by atoms with van der Waals surface area (Å²) in [5, 5.41) is 0.481. The van der Waals surface area contributed by atoms with Crippen molar-refractivity contribution in [2.45, 2.75) is 6.92 Å². The molecule has 144 valence electrons. The Labute approximate surface area is 167 Å². The van der Waals surface area contributed by atoms with Gasteiger partial charge in [-0.25, -0.2) is 9.78 Å². The summed E-state index contributed by atoms with van der Waals surface area (Å²) in [6.45, 7) is 1.99.